The molecular formula is C20H23N3O3. The lowest BCUT2D eigenvalue weighted by Gasteiger charge is -2.35. The van der Waals surface area contributed by atoms with Gasteiger partial charge in [-0.15, -0.1) is 0 Å². The van der Waals surface area contributed by atoms with Gasteiger partial charge in [0.2, 0.25) is 5.91 Å². The Morgan fingerprint density at radius 1 is 1.15 bits per heavy atom. The Morgan fingerprint density at radius 3 is 2.65 bits per heavy atom. The Kier molecular flexibility index (Phi) is 5.11. The Hall–Kier alpha value is -3.02. The smallest absolute Gasteiger partial charge is 0.262 e. The molecule has 0 saturated carbocycles. The summed E-state index contributed by atoms with van der Waals surface area (Å²) in [5, 5.41) is 5.52. The molecule has 2 aromatic rings. The second kappa shape index (κ2) is 7.47. The van der Waals surface area contributed by atoms with Crippen molar-refractivity contribution in [2.45, 2.75) is 20.0 Å². The number of aryl methyl sites for hydroxylation is 2. The monoisotopic (exact) mass is 353 g/mol. The van der Waals surface area contributed by atoms with Crippen molar-refractivity contribution in [1.29, 1.82) is 0 Å². The summed E-state index contributed by atoms with van der Waals surface area (Å²) < 4.78 is 5.76. The van der Waals surface area contributed by atoms with E-state index < -0.39 is 6.10 Å². The SMILES string of the molecule is CNC(=O)[C@H]1CN(CC(=O)Nc2ccc(C)c(C)c2)c2ccccc2O1. The first-order valence-electron chi connectivity index (χ1n) is 8.57. The topological polar surface area (TPSA) is 70.7 Å². The fourth-order valence-electron chi connectivity index (χ4n) is 2.95. The number of carbonyl (C=O) groups excluding carboxylic acids is 2. The summed E-state index contributed by atoms with van der Waals surface area (Å²) in [6, 6.07) is 13.2. The molecule has 1 aliphatic rings. The van der Waals surface area contributed by atoms with Gasteiger partial charge in [-0.3, -0.25) is 9.59 Å². The number of nitrogens with zero attached hydrogens (tertiary/aromatic N) is 1. The van der Waals surface area contributed by atoms with E-state index in [1.807, 2.05) is 55.1 Å². The van der Waals surface area contributed by atoms with Crippen molar-refractivity contribution in [3.8, 4) is 5.75 Å². The molecule has 1 aliphatic heterocycles. The van der Waals surface area contributed by atoms with E-state index in [2.05, 4.69) is 10.6 Å². The van der Waals surface area contributed by atoms with Crippen molar-refractivity contribution < 1.29 is 14.3 Å². The van der Waals surface area contributed by atoms with Gasteiger partial charge in [0.05, 0.1) is 18.8 Å². The number of likely N-dealkylation sites (N-methyl/N-ethyl adjacent to an activating group) is 1. The highest BCUT2D eigenvalue weighted by Gasteiger charge is 2.30. The Morgan fingerprint density at radius 2 is 1.92 bits per heavy atom. The van der Waals surface area contributed by atoms with E-state index >= 15 is 0 Å². The number of rotatable bonds is 4. The number of hydrogen-bond donors (Lipinski definition) is 2. The standard InChI is InChI=1S/C20H23N3O3/c1-13-8-9-15(10-14(13)2)22-19(24)12-23-11-18(20(25)21-3)26-17-7-5-4-6-16(17)23/h4-10,18H,11-12H2,1-3H3,(H,21,25)(H,22,24)/t18-/m1/s1. The Balaban J connectivity index is 1.75. The summed E-state index contributed by atoms with van der Waals surface area (Å²) in [6.07, 6.45) is -0.649. The zero-order chi connectivity index (χ0) is 18.7. The molecule has 0 saturated heterocycles. The number of hydrogen-bond acceptors (Lipinski definition) is 4. The van der Waals surface area contributed by atoms with Crippen LogP contribution in [-0.2, 0) is 9.59 Å². The van der Waals surface area contributed by atoms with Crippen molar-refractivity contribution in [1.82, 2.24) is 5.32 Å². The summed E-state index contributed by atoms with van der Waals surface area (Å²) in [7, 11) is 1.57. The highest BCUT2D eigenvalue weighted by atomic mass is 16.5. The molecule has 0 unspecified atom stereocenters. The van der Waals surface area contributed by atoms with E-state index in [9.17, 15) is 9.59 Å². The number of carbonyl (C=O) groups is 2. The number of nitrogens with one attached hydrogen (secondary N) is 2. The van der Waals surface area contributed by atoms with Crippen LogP contribution in [-0.4, -0.2) is 38.1 Å². The average molecular weight is 353 g/mol. The summed E-state index contributed by atoms with van der Waals surface area (Å²) in [5.41, 5.74) is 3.88. The lowest BCUT2D eigenvalue weighted by Crippen LogP contribution is -2.50. The molecule has 1 heterocycles. The summed E-state index contributed by atoms with van der Waals surface area (Å²) in [4.78, 5) is 26.4. The minimum Gasteiger partial charge on any atom is -0.477 e. The molecule has 2 N–H and O–H groups in total. The van der Waals surface area contributed by atoms with Gasteiger partial charge in [-0.1, -0.05) is 18.2 Å². The summed E-state index contributed by atoms with van der Waals surface area (Å²) in [5.74, 6) is 0.256. The van der Waals surface area contributed by atoms with Crippen LogP contribution in [0.2, 0.25) is 0 Å². The molecule has 2 amide bonds. The van der Waals surface area contributed by atoms with Gasteiger partial charge in [0, 0.05) is 12.7 Å². The van der Waals surface area contributed by atoms with Gasteiger partial charge in [0.1, 0.15) is 5.75 Å². The number of benzene rings is 2. The van der Waals surface area contributed by atoms with Crippen molar-refractivity contribution in [3.63, 3.8) is 0 Å². The van der Waals surface area contributed by atoms with E-state index in [0.29, 0.717) is 12.3 Å². The molecule has 0 spiro atoms. The van der Waals surface area contributed by atoms with E-state index in [1.54, 1.807) is 13.1 Å². The van der Waals surface area contributed by atoms with Gasteiger partial charge >= 0.3 is 0 Å². The molecule has 0 aromatic heterocycles. The van der Waals surface area contributed by atoms with Crippen LogP contribution in [0, 0.1) is 13.8 Å². The number of para-hydroxylation sites is 2. The molecular weight excluding hydrogens is 330 g/mol. The van der Waals surface area contributed by atoms with E-state index in [1.165, 1.54) is 5.56 Å². The Labute approximate surface area is 153 Å². The van der Waals surface area contributed by atoms with Crippen molar-refractivity contribution in [3.05, 3.63) is 53.6 Å². The van der Waals surface area contributed by atoms with Crippen molar-refractivity contribution in [2.24, 2.45) is 0 Å². The van der Waals surface area contributed by atoms with Gasteiger partial charge in [-0.25, -0.2) is 0 Å². The van der Waals surface area contributed by atoms with Crippen LogP contribution in [0.25, 0.3) is 0 Å². The van der Waals surface area contributed by atoms with Gasteiger partial charge < -0.3 is 20.3 Å². The van der Waals surface area contributed by atoms with Crippen molar-refractivity contribution in [2.75, 3.05) is 30.4 Å². The number of ether oxygens (including phenoxy) is 1. The third-order valence-corrected chi connectivity index (χ3v) is 4.53. The molecule has 1 atom stereocenters. The molecule has 0 radical (unpaired) electrons. The van der Waals surface area contributed by atoms with Crippen LogP contribution in [0.15, 0.2) is 42.5 Å². The maximum atomic E-state index is 12.5. The van der Waals surface area contributed by atoms with Crippen LogP contribution in [0.4, 0.5) is 11.4 Å². The molecule has 26 heavy (non-hydrogen) atoms. The first-order chi connectivity index (χ1) is 12.5. The second-order valence-electron chi connectivity index (χ2n) is 6.42. The maximum absolute atomic E-state index is 12.5. The third kappa shape index (κ3) is 3.79. The molecule has 0 aliphatic carbocycles. The van der Waals surface area contributed by atoms with Crippen LogP contribution in [0.1, 0.15) is 11.1 Å². The van der Waals surface area contributed by atoms with Crippen molar-refractivity contribution >= 4 is 23.2 Å². The van der Waals surface area contributed by atoms with Gasteiger partial charge in [-0.2, -0.15) is 0 Å². The van der Waals surface area contributed by atoms with Gasteiger partial charge in [0.15, 0.2) is 6.10 Å². The first kappa shape index (κ1) is 17.8. The quantitative estimate of drug-likeness (QED) is 0.885. The number of fused-ring (bicyclic) bond motifs is 1. The molecule has 3 rings (SSSR count). The maximum Gasteiger partial charge on any atom is 0.262 e. The van der Waals surface area contributed by atoms with E-state index in [0.717, 1.165) is 16.9 Å². The lowest BCUT2D eigenvalue weighted by atomic mass is 10.1. The zero-order valence-corrected chi connectivity index (χ0v) is 15.2. The first-order valence-corrected chi connectivity index (χ1v) is 8.57. The molecule has 2 aromatic carbocycles. The molecule has 6 heteroatoms. The Bertz CT molecular complexity index is 835. The zero-order valence-electron chi connectivity index (χ0n) is 15.2. The van der Waals surface area contributed by atoms with Gasteiger partial charge in [0.25, 0.3) is 5.91 Å². The van der Waals surface area contributed by atoms with Crippen LogP contribution in [0.3, 0.4) is 0 Å². The second-order valence-corrected chi connectivity index (χ2v) is 6.42. The largest absolute Gasteiger partial charge is 0.477 e. The van der Waals surface area contributed by atoms with Crippen LogP contribution >= 0.6 is 0 Å². The highest BCUT2D eigenvalue weighted by molar-refractivity contribution is 5.95. The summed E-state index contributed by atoms with van der Waals surface area (Å²) >= 11 is 0. The molecule has 0 bridgehead atoms. The predicted molar refractivity (Wildman–Crippen MR) is 102 cm³/mol. The van der Waals surface area contributed by atoms with Crippen LogP contribution in [0.5, 0.6) is 5.75 Å². The normalized spacial score (nSPS) is 15.7. The number of anilines is 2. The van der Waals surface area contributed by atoms with Gasteiger partial charge in [-0.05, 0) is 49.2 Å². The lowest BCUT2D eigenvalue weighted by molar-refractivity contribution is -0.127. The third-order valence-electron chi connectivity index (χ3n) is 4.53. The van der Waals surface area contributed by atoms with E-state index in [-0.39, 0.29) is 18.4 Å². The molecule has 136 valence electrons. The average Bonchev–Trinajstić information content (AvgIpc) is 2.64. The highest BCUT2D eigenvalue weighted by Crippen LogP contribution is 2.33. The molecule has 6 nitrogen and oxygen atoms in total. The van der Waals surface area contributed by atoms with Crippen LogP contribution < -0.4 is 20.3 Å². The minimum atomic E-state index is -0.649. The molecule has 0 fully saturated rings. The fourth-order valence-corrected chi connectivity index (χ4v) is 2.95. The fraction of sp³-hybridized carbons (Fsp3) is 0.300. The van der Waals surface area contributed by atoms with E-state index in [4.69, 9.17) is 4.74 Å². The summed E-state index contributed by atoms with van der Waals surface area (Å²) in [6.45, 7) is 4.50. The minimum absolute atomic E-state index is 0.138. The predicted octanol–water partition coefficient (Wildman–Crippen LogP) is 2.26. The number of amides is 2.